The first kappa shape index (κ1) is 38.8. The lowest BCUT2D eigenvalue weighted by atomic mass is 9.75. The molecule has 270 valence electrons. The fourth-order valence-electron chi connectivity index (χ4n) is 7.13. The standard InChI is InChI=1S/C44H70O4/c1-15-29(37-27-47-37)19-17-21-45-39-33(41(3,4)5)23-31(24-34(39)42(6,7)8)32-25-35(43(9,10)11)40(36(26-32)44(12,13)14)46-22-18-20-30(16-2)38-28-48-38/h23-26,29-30,37-38H,15-22,27-28H2,1-14H3. The topological polar surface area (TPSA) is 43.5 Å². The van der Waals surface area contributed by atoms with Crippen LogP contribution < -0.4 is 9.47 Å². The average Bonchev–Trinajstić information content (AvgIpc) is 3.89. The first-order chi connectivity index (χ1) is 22.3. The van der Waals surface area contributed by atoms with Gasteiger partial charge in [-0.2, -0.15) is 0 Å². The van der Waals surface area contributed by atoms with Crippen LogP contribution in [0.2, 0.25) is 0 Å². The highest BCUT2D eigenvalue weighted by Crippen LogP contribution is 2.47. The summed E-state index contributed by atoms with van der Waals surface area (Å²) in [7, 11) is 0. The third kappa shape index (κ3) is 10.0. The highest BCUT2D eigenvalue weighted by molar-refractivity contribution is 5.73. The molecule has 0 radical (unpaired) electrons. The summed E-state index contributed by atoms with van der Waals surface area (Å²) in [4.78, 5) is 0. The molecule has 4 atom stereocenters. The number of rotatable bonds is 15. The molecule has 2 aliphatic rings. The predicted octanol–water partition coefficient (Wildman–Crippen LogP) is 11.7. The smallest absolute Gasteiger partial charge is 0.126 e. The maximum absolute atomic E-state index is 6.81. The van der Waals surface area contributed by atoms with Crippen molar-refractivity contribution < 1.29 is 18.9 Å². The van der Waals surface area contributed by atoms with Crippen molar-refractivity contribution in [1.82, 2.24) is 0 Å². The fraction of sp³-hybridized carbons (Fsp3) is 0.727. The van der Waals surface area contributed by atoms with Gasteiger partial charge in [0.2, 0.25) is 0 Å². The van der Waals surface area contributed by atoms with Crippen molar-refractivity contribution in [2.24, 2.45) is 11.8 Å². The molecule has 0 saturated carbocycles. The van der Waals surface area contributed by atoms with E-state index in [1.54, 1.807) is 0 Å². The van der Waals surface area contributed by atoms with Crippen LogP contribution in [0.15, 0.2) is 24.3 Å². The summed E-state index contributed by atoms with van der Waals surface area (Å²) < 4.78 is 24.9. The summed E-state index contributed by atoms with van der Waals surface area (Å²) in [5.41, 5.74) is 7.31. The molecule has 2 saturated heterocycles. The molecular formula is C44H70O4. The minimum absolute atomic E-state index is 0.0796. The molecule has 48 heavy (non-hydrogen) atoms. The maximum Gasteiger partial charge on any atom is 0.126 e. The van der Waals surface area contributed by atoms with E-state index in [0.717, 1.165) is 63.6 Å². The van der Waals surface area contributed by atoms with Crippen LogP contribution in [-0.4, -0.2) is 38.6 Å². The van der Waals surface area contributed by atoms with E-state index < -0.39 is 0 Å². The van der Waals surface area contributed by atoms with Crippen molar-refractivity contribution in [2.45, 2.75) is 169 Å². The van der Waals surface area contributed by atoms with Crippen molar-refractivity contribution >= 4 is 0 Å². The van der Waals surface area contributed by atoms with Gasteiger partial charge in [-0.15, -0.1) is 0 Å². The second kappa shape index (κ2) is 15.1. The molecule has 2 aliphatic heterocycles. The van der Waals surface area contributed by atoms with Crippen molar-refractivity contribution in [1.29, 1.82) is 0 Å². The zero-order chi connectivity index (χ0) is 35.7. The Morgan fingerprint density at radius 1 is 0.542 bits per heavy atom. The Morgan fingerprint density at radius 3 is 1.02 bits per heavy atom. The number of epoxide rings is 2. The molecule has 2 aromatic rings. The SMILES string of the molecule is CCC(CCCOc1c(C(C)(C)C)cc(-c2cc(C(C)(C)C)c(OCCCC(CC)C3CO3)c(C(C)(C)C)c2)cc1C(C)(C)C)C1CO1. The third-order valence-corrected chi connectivity index (χ3v) is 10.5. The van der Waals surface area contributed by atoms with Gasteiger partial charge in [0.05, 0.1) is 38.6 Å². The minimum atomic E-state index is -0.0796. The van der Waals surface area contributed by atoms with Crippen LogP contribution in [0.4, 0.5) is 0 Å². The van der Waals surface area contributed by atoms with E-state index in [2.05, 4.69) is 121 Å². The van der Waals surface area contributed by atoms with E-state index in [4.69, 9.17) is 18.9 Å². The van der Waals surface area contributed by atoms with Crippen molar-refractivity contribution in [3.05, 3.63) is 46.5 Å². The molecule has 2 heterocycles. The van der Waals surface area contributed by atoms with E-state index in [1.807, 2.05) is 0 Å². The lowest BCUT2D eigenvalue weighted by Gasteiger charge is -2.33. The minimum Gasteiger partial charge on any atom is -0.493 e. The van der Waals surface area contributed by atoms with Gasteiger partial charge in [0, 0.05) is 22.3 Å². The molecule has 0 N–H and O–H groups in total. The lowest BCUT2D eigenvalue weighted by molar-refractivity contribution is 0.256. The third-order valence-electron chi connectivity index (χ3n) is 10.5. The molecule has 4 rings (SSSR count). The molecule has 0 amide bonds. The fourth-order valence-corrected chi connectivity index (χ4v) is 7.13. The zero-order valence-corrected chi connectivity index (χ0v) is 33.3. The number of ether oxygens (including phenoxy) is 4. The quantitative estimate of drug-likeness (QED) is 0.141. The normalized spacial score (nSPS) is 19.6. The average molecular weight is 663 g/mol. The summed E-state index contributed by atoms with van der Waals surface area (Å²) in [5, 5.41) is 0. The second-order valence-electron chi connectivity index (χ2n) is 18.9. The Kier molecular flexibility index (Phi) is 12.2. The van der Waals surface area contributed by atoms with Crippen LogP contribution in [-0.2, 0) is 31.1 Å². The largest absolute Gasteiger partial charge is 0.493 e. The Morgan fingerprint density at radius 2 is 0.812 bits per heavy atom. The molecule has 0 bridgehead atoms. The zero-order valence-electron chi connectivity index (χ0n) is 33.3. The van der Waals surface area contributed by atoms with Gasteiger partial charge in [-0.1, -0.05) is 110 Å². The summed E-state index contributed by atoms with van der Waals surface area (Å²) in [5.74, 6) is 3.44. The van der Waals surface area contributed by atoms with E-state index in [9.17, 15) is 0 Å². The van der Waals surface area contributed by atoms with Gasteiger partial charge < -0.3 is 18.9 Å². The Labute approximate surface area is 295 Å². The van der Waals surface area contributed by atoms with Crippen molar-refractivity contribution in [3.63, 3.8) is 0 Å². The summed E-state index contributed by atoms with van der Waals surface area (Å²) in [6.45, 7) is 35.7. The van der Waals surface area contributed by atoms with Gasteiger partial charge >= 0.3 is 0 Å². The van der Waals surface area contributed by atoms with Crippen LogP contribution in [0.3, 0.4) is 0 Å². The Bertz CT molecular complexity index is 1180. The van der Waals surface area contributed by atoms with Crippen LogP contribution >= 0.6 is 0 Å². The number of hydrogen-bond acceptors (Lipinski definition) is 4. The van der Waals surface area contributed by atoms with E-state index in [1.165, 1.54) is 46.2 Å². The summed E-state index contributed by atoms with van der Waals surface area (Å²) in [6.07, 6.45) is 7.68. The summed E-state index contributed by atoms with van der Waals surface area (Å²) in [6, 6.07) is 9.65. The molecule has 2 aromatic carbocycles. The lowest BCUT2D eigenvalue weighted by Crippen LogP contribution is -2.22. The van der Waals surface area contributed by atoms with Gasteiger partial charge in [0.25, 0.3) is 0 Å². The van der Waals surface area contributed by atoms with Crippen molar-refractivity contribution in [3.8, 4) is 22.6 Å². The first-order valence-corrected chi connectivity index (χ1v) is 19.1. The van der Waals surface area contributed by atoms with Gasteiger partial charge in [0.15, 0.2) is 0 Å². The molecule has 0 aromatic heterocycles. The van der Waals surface area contributed by atoms with Gasteiger partial charge in [-0.3, -0.25) is 0 Å². The van der Waals surface area contributed by atoms with Gasteiger partial charge in [-0.05, 0) is 94.6 Å². The summed E-state index contributed by atoms with van der Waals surface area (Å²) >= 11 is 0. The van der Waals surface area contributed by atoms with Crippen LogP contribution in [0, 0.1) is 11.8 Å². The van der Waals surface area contributed by atoms with Gasteiger partial charge in [0.1, 0.15) is 11.5 Å². The highest BCUT2D eigenvalue weighted by Gasteiger charge is 2.34. The molecular weight excluding hydrogens is 592 g/mol. The molecule has 0 aliphatic carbocycles. The molecule has 4 heteroatoms. The van der Waals surface area contributed by atoms with E-state index >= 15 is 0 Å². The van der Waals surface area contributed by atoms with Crippen LogP contribution in [0.5, 0.6) is 11.5 Å². The first-order valence-electron chi connectivity index (χ1n) is 19.1. The predicted molar refractivity (Wildman–Crippen MR) is 203 cm³/mol. The number of benzene rings is 2. The second-order valence-corrected chi connectivity index (χ2v) is 18.9. The van der Waals surface area contributed by atoms with Crippen molar-refractivity contribution in [2.75, 3.05) is 26.4 Å². The van der Waals surface area contributed by atoms with Crippen LogP contribution in [0.25, 0.3) is 11.1 Å². The van der Waals surface area contributed by atoms with E-state index in [-0.39, 0.29) is 21.7 Å². The van der Waals surface area contributed by atoms with Crippen LogP contribution in [0.1, 0.15) is 158 Å². The monoisotopic (exact) mass is 663 g/mol. The Hall–Kier alpha value is -2.04. The van der Waals surface area contributed by atoms with E-state index in [0.29, 0.717) is 24.0 Å². The maximum atomic E-state index is 6.81. The van der Waals surface area contributed by atoms with Gasteiger partial charge in [-0.25, -0.2) is 0 Å². The highest BCUT2D eigenvalue weighted by atomic mass is 16.6. The molecule has 4 nitrogen and oxygen atoms in total. The number of hydrogen-bond donors (Lipinski definition) is 0. The molecule has 4 unspecified atom stereocenters. The Balaban J connectivity index is 1.74. The molecule has 0 spiro atoms. The molecule has 2 fully saturated rings.